The molecule has 0 saturated heterocycles. The van der Waals surface area contributed by atoms with Gasteiger partial charge >= 0.3 is 0 Å². The lowest BCUT2D eigenvalue weighted by atomic mass is 10.1. The van der Waals surface area contributed by atoms with Crippen LogP contribution in [0.1, 0.15) is 18.5 Å². The molecule has 0 saturated carbocycles. The van der Waals surface area contributed by atoms with Gasteiger partial charge in [0.05, 0.1) is 5.02 Å². The van der Waals surface area contributed by atoms with Crippen LogP contribution in [0.2, 0.25) is 10.0 Å². The fraction of sp³-hybridized carbons (Fsp3) is 0.250. The third-order valence-electron chi connectivity index (χ3n) is 1.53. The molecule has 66 valence electrons. The molecule has 1 aromatic rings. The third kappa shape index (κ3) is 1.89. The van der Waals surface area contributed by atoms with E-state index in [0.29, 0.717) is 10.6 Å². The molecule has 0 amide bonds. The minimum Gasteiger partial charge on any atom is -0.324 e. The van der Waals surface area contributed by atoms with Crippen LogP contribution in [0.25, 0.3) is 0 Å². The quantitative estimate of drug-likeness (QED) is 0.704. The zero-order chi connectivity index (χ0) is 9.30. The van der Waals surface area contributed by atoms with Gasteiger partial charge in [-0.15, -0.1) is 0 Å². The number of nitrogens with two attached hydrogens (primary N) is 1. The predicted octanol–water partition coefficient (Wildman–Crippen LogP) is 3.15. The maximum atomic E-state index is 12.8. The Kier molecular flexibility index (Phi) is 2.94. The summed E-state index contributed by atoms with van der Waals surface area (Å²) in [6.07, 6.45) is 0. The Labute approximate surface area is 80.3 Å². The zero-order valence-electron chi connectivity index (χ0n) is 6.44. The van der Waals surface area contributed by atoms with Crippen molar-refractivity contribution in [1.82, 2.24) is 0 Å². The predicted molar refractivity (Wildman–Crippen MR) is 49.0 cm³/mol. The molecule has 1 unspecified atom stereocenters. The highest BCUT2D eigenvalue weighted by Gasteiger charge is 2.09. The minimum atomic E-state index is -0.522. The molecule has 1 nitrogen and oxygen atoms in total. The molecule has 4 heteroatoms. The number of halogens is 3. The SMILES string of the molecule is CC(N)c1cc(Cl)c(F)cc1Cl. The van der Waals surface area contributed by atoms with Crippen LogP contribution >= 0.6 is 23.2 Å². The van der Waals surface area contributed by atoms with Gasteiger partial charge in [-0.1, -0.05) is 23.2 Å². The number of benzene rings is 1. The summed E-state index contributed by atoms with van der Waals surface area (Å²) in [4.78, 5) is 0. The monoisotopic (exact) mass is 207 g/mol. The zero-order valence-corrected chi connectivity index (χ0v) is 7.96. The second-order valence-electron chi connectivity index (χ2n) is 2.58. The number of hydrogen-bond acceptors (Lipinski definition) is 1. The molecule has 0 aliphatic carbocycles. The molecule has 0 spiro atoms. The van der Waals surface area contributed by atoms with E-state index >= 15 is 0 Å². The molecule has 1 aromatic carbocycles. The van der Waals surface area contributed by atoms with Crippen LogP contribution in [0.3, 0.4) is 0 Å². The normalized spacial score (nSPS) is 13.1. The Morgan fingerprint density at radius 3 is 2.42 bits per heavy atom. The maximum Gasteiger partial charge on any atom is 0.143 e. The summed E-state index contributed by atoms with van der Waals surface area (Å²) in [5, 5.41) is 0.360. The highest BCUT2D eigenvalue weighted by Crippen LogP contribution is 2.27. The largest absolute Gasteiger partial charge is 0.324 e. The lowest BCUT2D eigenvalue weighted by molar-refractivity contribution is 0.626. The summed E-state index contributed by atoms with van der Waals surface area (Å²) < 4.78 is 12.8. The van der Waals surface area contributed by atoms with Gasteiger partial charge in [-0.25, -0.2) is 4.39 Å². The Bertz CT molecular complexity index is 299. The van der Waals surface area contributed by atoms with Gasteiger partial charge in [0.2, 0.25) is 0 Å². The molecule has 0 fully saturated rings. The maximum absolute atomic E-state index is 12.8. The van der Waals surface area contributed by atoms with Crippen molar-refractivity contribution in [3.8, 4) is 0 Å². The van der Waals surface area contributed by atoms with Gasteiger partial charge in [0.1, 0.15) is 5.82 Å². The van der Waals surface area contributed by atoms with Gasteiger partial charge in [-0.05, 0) is 24.6 Å². The fourth-order valence-electron chi connectivity index (χ4n) is 0.887. The molecule has 1 rings (SSSR count). The van der Waals surface area contributed by atoms with Crippen LogP contribution in [0, 0.1) is 5.82 Å². The van der Waals surface area contributed by atoms with Crippen molar-refractivity contribution >= 4 is 23.2 Å². The minimum absolute atomic E-state index is 0.0479. The van der Waals surface area contributed by atoms with E-state index < -0.39 is 5.82 Å². The average molecular weight is 208 g/mol. The molecule has 1 atom stereocenters. The summed E-state index contributed by atoms with van der Waals surface area (Å²) >= 11 is 11.3. The van der Waals surface area contributed by atoms with E-state index in [1.54, 1.807) is 6.92 Å². The molecule has 0 heterocycles. The first-order valence-corrected chi connectivity index (χ1v) is 4.18. The topological polar surface area (TPSA) is 26.0 Å². The lowest BCUT2D eigenvalue weighted by Gasteiger charge is -2.08. The Morgan fingerprint density at radius 2 is 1.92 bits per heavy atom. The van der Waals surface area contributed by atoms with Gasteiger partial charge in [0.25, 0.3) is 0 Å². The van der Waals surface area contributed by atoms with Gasteiger partial charge in [0, 0.05) is 11.1 Å². The summed E-state index contributed by atoms with van der Waals surface area (Å²) in [5.74, 6) is -0.522. The Morgan fingerprint density at radius 1 is 1.33 bits per heavy atom. The van der Waals surface area contributed by atoms with E-state index in [2.05, 4.69) is 0 Å². The van der Waals surface area contributed by atoms with Crippen LogP contribution in [-0.4, -0.2) is 0 Å². The van der Waals surface area contributed by atoms with E-state index in [1.165, 1.54) is 12.1 Å². The smallest absolute Gasteiger partial charge is 0.143 e. The third-order valence-corrected chi connectivity index (χ3v) is 2.15. The van der Waals surface area contributed by atoms with E-state index in [9.17, 15) is 4.39 Å². The van der Waals surface area contributed by atoms with Crippen molar-refractivity contribution in [2.24, 2.45) is 5.73 Å². The van der Waals surface area contributed by atoms with Crippen LogP contribution in [0.4, 0.5) is 4.39 Å². The van der Waals surface area contributed by atoms with E-state index in [1.807, 2.05) is 0 Å². The first-order valence-electron chi connectivity index (χ1n) is 3.42. The summed E-state index contributed by atoms with van der Waals surface area (Å²) in [5.41, 5.74) is 6.22. The summed E-state index contributed by atoms with van der Waals surface area (Å²) in [6.45, 7) is 1.76. The Balaban J connectivity index is 3.23. The van der Waals surface area contributed by atoms with Gasteiger partial charge in [-0.3, -0.25) is 0 Å². The molecule has 0 radical (unpaired) electrons. The summed E-state index contributed by atoms with van der Waals surface area (Å²) in [6, 6.07) is 2.38. The fourth-order valence-corrected chi connectivity index (χ4v) is 1.38. The van der Waals surface area contributed by atoms with Crippen LogP contribution in [0.15, 0.2) is 12.1 Å². The van der Waals surface area contributed by atoms with Crippen LogP contribution in [0.5, 0.6) is 0 Å². The van der Waals surface area contributed by atoms with E-state index in [0.717, 1.165) is 0 Å². The van der Waals surface area contributed by atoms with Gasteiger partial charge < -0.3 is 5.73 Å². The number of rotatable bonds is 1. The van der Waals surface area contributed by atoms with Gasteiger partial charge in [-0.2, -0.15) is 0 Å². The van der Waals surface area contributed by atoms with E-state index in [-0.39, 0.29) is 11.1 Å². The molecular weight excluding hydrogens is 200 g/mol. The van der Waals surface area contributed by atoms with Crippen molar-refractivity contribution < 1.29 is 4.39 Å². The standard InChI is InChI=1S/C8H8Cl2FN/c1-4(12)5-2-7(10)8(11)3-6(5)9/h2-4H,12H2,1H3. The highest BCUT2D eigenvalue weighted by molar-refractivity contribution is 6.33. The number of hydrogen-bond donors (Lipinski definition) is 1. The van der Waals surface area contributed by atoms with Crippen molar-refractivity contribution in [1.29, 1.82) is 0 Å². The van der Waals surface area contributed by atoms with E-state index in [4.69, 9.17) is 28.9 Å². The molecule has 0 aliphatic heterocycles. The first-order chi connectivity index (χ1) is 5.52. The van der Waals surface area contributed by atoms with Crippen LogP contribution in [-0.2, 0) is 0 Å². The molecule has 0 aliphatic rings. The first kappa shape index (κ1) is 9.78. The molecule has 0 aromatic heterocycles. The molecule has 12 heavy (non-hydrogen) atoms. The summed E-state index contributed by atoms with van der Waals surface area (Å²) in [7, 11) is 0. The van der Waals surface area contributed by atoms with Gasteiger partial charge in [0.15, 0.2) is 0 Å². The average Bonchev–Trinajstić information content (AvgIpc) is 1.96. The molecule has 2 N–H and O–H groups in total. The second kappa shape index (κ2) is 3.60. The van der Waals surface area contributed by atoms with Crippen molar-refractivity contribution in [3.63, 3.8) is 0 Å². The second-order valence-corrected chi connectivity index (χ2v) is 3.39. The Hall–Kier alpha value is -0.310. The highest BCUT2D eigenvalue weighted by atomic mass is 35.5. The van der Waals surface area contributed by atoms with Crippen molar-refractivity contribution in [2.45, 2.75) is 13.0 Å². The van der Waals surface area contributed by atoms with Crippen molar-refractivity contribution in [3.05, 3.63) is 33.6 Å². The molecular formula is C8H8Cl2FN. The van der Waals surface area contributed by atoms with Crippen LogP contribution < -0.4 is 5.73 Å². The molecule has 0 bridgehead atoms. The lowest BCUT2D eigenvalue weighted by Crippen LogP contribution is -2.05. The van der Waals surface area contributed by atoms with Crippen molar-refractivity contribution in [2.75, 3.05) is 0 Å².